The summed E-state index contributed by atoms with van der Waals surface area (Å²) < 4.78 is 5.60. The van der Waals surface area contributed by atoms with E-state index in [-0.39, 0.29) is 6.04 Å². The van der Waals surface area contributed by atoms with Gasteiger partial charge in [0.2, 0.25) is 0 Å². The van der Waals surface area contributed by atoms with Crippen LogP contribution < -0.4 is 10.5 Å². The number of benzene rings is 1. The van der Waals surface area contributed by atoms with Gasteiger partial charge in [0, 0.05) is 6.04 Å². The lowest BCUT2D eigenvalue weighted by Gasteiger charge is -2.12. The van der Waals surface area contributed by atoms with Crippen LogP contribution in [0.25, 0.3) is 0 Å². The minimum absolute atomic E-state index is 0.287. The molecule has 2 N–H and O–H groups in total. The summed E-state index contributed by atoms with van der Waals surface area (Å²) in [5.74, 6) is 0.934. The molecule has 1 aromatic carbocycles. The van der Waals surface area contributed by atoms with E-state index in [1.54, 1.807) is 0 Å². The molecule has 0 aliphatic heterocycles. The Kier molecular flexibility index (Phi) is 6.66. The minimum atomic E-state index is 0.287. The van der Waals surface area contributed by atoms with Gasteiger partial charge in [0.25, 0.3) is 0 Å². The Morgan fingerprint density at radius 2 is 1.88 bits per heavy atom. The van der Waals surface area contributed by atoms with Crippen LogP contribution in [0, 0.1) is 0 Å². The van der Waals surface area contributed by atoms with E-state index in [2.05, 4.69) is 6.92 Å². The van der Waals surface area contributed by atoms with Gasteiger partial charge < -0.3 is 10.5 Å². The number of unbranched alkanes of at least 4 members (excludes halogenated alkanes) is 2. The molecule has 1 unspecified atom stereocenters. The van der Waals surface area contributed by atoms with Gasteiger partial charge in [-0.25, -0.2) is 0 Å². The van der Waals surface area contributed by atoms with E-state index < -0.39 is 0 Å². The van der Waals surface area contributed by atoms with Gasteiger partial charge in [0.15, 0.2) is 0 Å². The van der Waals surface area contributed by atoms with Crippen molar-refractivity contribution in [3.05, 3.63) is 30.3 Å². The third kappa shape index (κ3) is 5.76. The molecule has 0 saturated carbocycles. The Hall–Kier alpha value is -1.02. The van der Waals surface area contributed by atoms with Crippen LogP contribution in [0.1, 0.15) is 39.0 Å². The van der Waals surface area contributed by atoms with E-state index in [4.69, 9.17) is 10.5 Å². The van der Waals surface area contributed by atoms with E-state index in [1.807, 2.05) is 30.3 Å². The highest BCUT2D eigenvalue weighted by Gasteiger charge is 2.02. The smallest absolute Gasteiger partial charge is 0.119 e. The standard InChI is InChI=1S/C14H23NO/c1-2-3-5-8-13(15)11-12-16-14-9-6-4-7-10-14/h4,6-7,9-10,13H,2-3,5,8,11-12,15H2,1H3. The molecule has 0 fully saturated rings. The van der Waals surface area contributed by atoms with Crippen LogP contribution in [0.5, 0.6) is 5.75 Å². The van der Waals surface area contributed by atoms with Crippen molar-refractivity contribution in [3.63, 3.8) is 0 Å². The maximum Gasteiger partial charge on any atom is 0.119 e. The summed E-state index contributed by atoms with van der Waals surface area (Å²) >= 11 is 0. The Labute approximate surface area is 98.8 Å². The first-order valence-corrected chi connectivity index (χ1v) is 6.26. The Morgan fingerprint density at radius 1 is 1.12 bits per heavy atom. The fraction of sp³-hybridized carbons (Fsp3) is 0.571. The average molecular weight is 221 g/mol. The highest BCUT2D eigenvalue weighted by molar-refractivity contribution is 5.20. The summed E-state index contributed by atoms with van der Waals surface area (Å²) in [7, 11) is 0. The van der Waals surface area contributed by atoms with Crippen LogP contribution >= 0.6 is 0 Å². The topological polar surface area (TPSA) is 35.2 Å². The third-order valence-corrected chi connectivity index (χ3v) is 2.68. The quantitative estimate of drug-likeness (QED) is 0.683. The maximum atomic E-state index is 6.00. The van der Waals surface area contributed by atoms with Crippen molar-refractivity contribution in [2.24, 2.45) is 5.73 Å². The van der Waals surface area contributed by atoms with Crippen molar-refractivity contribution in [1.29, 1.82) is 0 Å². The lowest BCUT2D eigenvalue weighted by molar-refractivity contribution is 0.293. The second kappa shape index (κ2) is 8.17. The van der Waals surface area contributed by atoms with Crippen LogP contribution in [0.4, 0.5) is 0 Å². The summed E-state index contributed by atoms with van der Waals surface area (Å²) in [6.07, 6.45) is 5.84. The summed E-state index contributed by atoms with van der Waals surface area (Å²) in [4.78, 5) is 0. The predicted octanol–water partition coefficient (Wildman–Crippen LogP) is 3.36. The van der Waals surface area contributed by atoms with E-state index in [9.17, 15) is 0 Å². The summed E-state index contributed by atoms with van der Waals surface area (Å²) in [6, 6.07) is 10.2. The molecule has 90 valence electrons. The molecule has 1 aromatic rings. The van der Waals surface area contributed by atoms with Crippen molar-refractivity contribution in [2.75, 3.05) is 6.61 Å². The van der Waals surface area contributed by atoms with Crippen molar-refractivity contribution < 1.29 is 4.74 Å². The number of nitrogens with two attached hydrogens (primary N) is 1. The highest BCUT2D eigenvalue weighted by Crippen LogP contribution is 2.10. The molecule has 0 heterocycles. The van der Waals surface area contributed by atoms with Gasteiger partial charge in [-0.05, 0) is 25.0 Å². The molecule has 0 radical (unpaired) electrons. The molecule has 1 atom stereocenters. The van der Waals surface area contributed by atoms with Crippen LogP contribution in [0.2, 0.25) is 0 Å². The summed E-state index contributed by atoms with van der Waals surface area (Å²) in [5, 5.41) is 0. The van der Waals surface area contributed by atoms with E-state index in [0.29, 0.717) is 0 Å². The molecule has 0 aliphatic carbocycles. The molecule has 0 aromatic heterocycles. The molecule has 1 rings (SSSR count). The average Bonchev–Trinajstić information content (AvgIpc) is 2.31. The van der Waals surface area contributed by atoms with Crippen molar-refractivity contribution in [2.45, 2.75) is 45.1 Å². The van der Waals surface area contributed by atoms with Gasteiger partial charge in [-0.3, -0.25) is 0 Å². The Balaban J connectivity index is 2.06. The number of hydrogen-bond acceptors (Lipinski definition) is 2. The van der Waals surface area contributed by atoms with E-state index in [0.717, 1.165) is 25.2 Å². The lowest BCUT2D eigenvalue weighted by Crippen LogP contribution is -2.22. The first kappa shape index (κ1) is 13.0. The first-order chi connectivity index (χ1) is 7.83. The zero-order valence-corrected chi connectivity index (χ0v) is 10.2. The molecular formula is C14H23NO. The van der Waals surface area contributed by atoms with Crippen molar-refractivity contribution in [1.82, 2.24) is 0 Å². The largest absolute Gasteiger partial charge is 0.494 e. The Bertz CT molecular complexity index is 261. The third-order valence-electron chi connectivity index (χ3n) is 2.68. The number of hydrogen-bond donors (Lipinski definition) is 1. The van der Waals surface area contributed by atoms with Gasteiger partial charge >= 0.3 is 0 Å². The fourth-order valence-electron chi connectivity index (χ4n) is 1.65. The SMILES string of the molecule is CCCCCC(N)CCOc1ccccc1. The van der Waals surface area contributed by atoms with Crippen LogP contribution in [-0.4, -0.2) is 12.6 Å². The molecule has 0 saturated heterocycles. The van der Waals surface area contributed by atoms with Gasteiger partial charge in [-0.1, -0.05) is 44.4 Å². The molecule has 0 bridgehead atoms. The van der Waals surface area contributed by atoms with Crippen molar-refractivity contribution in [3.8, 4) is 5.75 Å². The maximum absolute atomic E-state index is 6.00. The molecular weight excluding hydrogens is 198 g/mol. The molecule has 2 heteroatoms. The highest BCUT2D eigenvalue weighted by atomic mass is 16.5. The zero-order valence-electron chi connectivity index (χ0n) is 10.2. The second-order valence-corrected chi connectivity index (χ2v) is 4.21. The van der Waals surface area contributed by atoms with E-state index in [1.165, 1.54) is 19.3 Å². The van der Waals surface area contributed by atoms with Gasteiger partial charge in [0.05, 0.1) is 6.61 Å². The van der Waals surface area contributed by atoms with Crippen molar-refractivity contribution >= 4 is 0 Å². The molecule has 2 nitrogen and oxygen atoms in total. The second-order valence-electron chi connectivity index (χ2n) is 4.21. The summed E-state index contributed by atoms with van der Waals surface area (Å²) in [5.41, 5.74) is 6.00. The van der Waals surface area contributed by atoms with Crippen LogP contribution in [0.3, 0.4) is 0 Å². The summed E-state index contributed by atoms with van der Waals surface area (Å²) in [6.45, 7) is 2.93. The van der Waals surface area contributed by atoms with Gasteiger partial charge in [0.1, 0.15) is 5.75 Å². The first-order valence-electron chi connectivity index (χ1n) is 6.26. The van der Waals surface area contributed by atoms with Gasteiger partial charge in [-0.15, -0.1) is 0 Å². The van der Waals surface area contributed by atoms with Crippen LogP contribution in [-0.2, 0) is 0 Å². The lowest BCUT2D eigenvalue weighted by atomic mass is 10.1. The molecule has 0 amide bonds. The monoisotopic (exact) mass is 221 g/mol. The van der Waals surface area contributed by atoms with Gasteiger partial charge in [-0.2, -0.15) is 0 Å². The fourth-order valence-corrected chi connectivity index (χ4v) is 1.65. The zero-order chi connectivity index (χ0) is 11.6. The molecule has 16 heavy (non-hydrogen) atoms. The van der Waals surface area contributed by atoms with E-state index >= 15 is 0 Å². The molecule has 0 spiro atoms. The number of para-hydroxylation sites is 1. The Morgan fingerprint density at radius 3 is 2.56 bits per heavy atom. The molecule has 0 aliphatic rings. The van der Waals surface area contributed by atoms with Crippen LogP contribution in [0.15, 0.2) is 30.3 Å². The normalized spacial score (nSPS) is 12.4. The number of rotatable bonds is 8. The minimum Gasteiger partial charge on any atom is -0.494 e. The number of ether oxygens (including phenoxy) is 1. The predicted molar refractivity (Wildman–Crippen MR) is 68.7 cm³/mol.